The van der Waals surface area contributed by atoms with Gasteiger partial charge in [-0.15, -0.1) is 0 Å². The number of amides is 1. The van der Waals surface area contributed by atoms with Crippen molar-refractivity contribution >= 4 is 11.6 Å². The Morgan fingerprint density at radius 1 is 1.35 bits per heavy atom. The number of halogens is 3. The van der Waals surface area contributed by atoms with Gasteiger partial charge in [0, 0.05) is 13.6 Å². The standard InChI is InChI=1S/C15H15F3N4O/c1-21-7-3-5-9-4-2-6-11(12(9)21)22-13(15(16,17)18)10(8-20-22)14(19)23/h2,4,6,8H,3,5,7H2,1H3,(H2,19,23). The molecule has 0 radical (unpaired) electrons. The van der Waals surface area contributed by atoms with Gasteiger partial charge in [0.25, 0.3) is 5.91 Å². The van der Waals surface area contributed by atoms with Crippen molar-refractivity contribution in [2.24, 2.45) is 5.73 Å². The number of carbonyl (C=O) groups excluding carboxylic acids is 1. The van der Waals surface area contributed by atoms with Crippen LogP contribution in [0.5, 0.6) is 0 Å². The predicted octanol–water partition coefficient (Wildman–Crippen LogP) is 2.37. The first-order valence-corrected chi connectivity index (χ1v) is 7.09. The number of nitrogens with zero attached hydrogens (tertiary/aromatic N) is 3. The quantitative estimate of drug-likeness (QED) is 0.922. The highest BCUT2D eigenvalue weighted by molar-refractivity contribution is 5.94. The van der Waals surface area contributed by atoms with Gasteiger partial charge in [0.05, 0.1) is 23.1 Å². The number of fused-ring (bicyclic) bond motifs is 1. The largest absolute Gasteiger partial charge is 0.434 e. The number of alkyl halides is 3. The summed E-state index contributed by atoms with van der Waals surface area (Å²) in [5, 5.41) is 3.79. The van der Waals surface area contributed by atoms with Crippen molar-refractivity contribution < 1.29 is 18.0 Å². The van der Waals surface area contributed by atoms with Crippen molar-refractivity contribution in [1.29, 1.82) is 0 Å². The van der Waals surface area contributed by atoms with Gasteiger partial charge in [0.1, 0.15) is 0 Å². The van der Waals surface area contributed by atoms with E-state index in [9.17, 15) is 18.0 Å². The van der Waals surface area contributed by atoms with Crippen molar-refractivity contribution in [1.82, 2.24) is 9.78 Å². The molecule has 1 aliphatic heterocycles. The number of hydrogen-bond donors (Lipinski definition) is 1. The average Bonchev–Trinajstić information content (AvgIpc) is 2.92. The Labute approximate surface area is 130 Å². The minimum Gasteiger partial charge on any atom is -0.373 e. The molecule has 1 aromatic carbocycles. The molecule has 122 valence electrons. The first-order valence-electron chi connectivity index (χ1n) is 7.09. The fraction of sp³-hybridized carbons (Fsp3) is 0.333. The number of primary amides is 1. The second-order valence-electron chi connectivity index (χ2n) is 5.49. The summed E-state index contributed by atoms with van der Waals surface area (Å²) in [6.07, 6.45) is -2.15. The fourth-order valence-corrected chi connectivity index (χ4v) is 2.99. The van der Waals surface area contributed by atoms with Gasteiger partial charge in [-0.2, -0.15) is 18.3 Å². The van der Waals surface area contributed by atoms with Crippen LogP contribution in [0.1, 0.15) is 28.0 Å². The molecule has 1 amide bonds. The lowest BCUT2D eigenvalue weighted by atomic mass is 10.0. The minimum atomic E-state index is -4.74. The number of aromatic nitrogens is 2. The van der Waals surface area contributed by atoms with Crippen molar-refractivity contribution in [3.8, 4) is 5.69 Å². The summed E-state index contributed by atoms with van der Waals surface area (Å²) in [5.41, 5.74) is 5.25. The van der Waals surface area contributed by atoms with Crippen LogP contribution in [0.4, 0.5) is 18.9 Å². The molecule has 0 atom stereocenters. The fourth-order valence-electron chi connectivity index (χ4n) is 2.99. The van der Waals surface area contributed by atoms with Crippen LogP contribution in [-0.2, 0) is 12.6 Å². The average molecular weight is 324 g/mol. The summed E-state index contributed by atoms with van der Waals surface area (Å²) < 4.78 is 41.1. The number of anilines is 1. The topological polar surface area (TPSA) is 64.2 Å². The summed E-state index contributed by atoms with van der Waals surface area (Å²) in [5.74, 6) is -1.15. The zero-order valence-electron chi connectivity index (χ0n) is 12.4. The zero-order chi connectivity index (χ0) is 16.8. The smallest absolute Gasteiger partial charge is 0.373 e. The van der Waals surface area contributed by atoms with Crippen LogP contribution in [0, 0.1) is 0 Å². The monoisotopic (exact) mass is 324 g/mol. The van der Waals surface area contributed by atoms with E-state index >= 15 is 0 Å². The third-order valence-electron chi connectivity index (χ3n) is 3.95. The Hall–Kier alpha value is -2.51. The highest BCUT2D eigenvalue weighted by atomic mass is 19.4. The SMILES string of the molecule is CN1CCCc2cccc(-n3ncc(C(N)=O)c3C(F)(F)F)c21. The van der Waals surface area contributed by atoms with Crippen LogP contribution in [0.15, 0.2) is 24.4 Å². The summed E-state index contributed by atoms with van der Waals surface area (Å²) >= 11 is 0. The molecular weight excluding hydrogens is 309 g/mol. The lowest BCUT2D eigenvalue weighted by molar-refractivity contribution is -0.143. The van der Waals surface area contributed by atoms with E-state index in [0.717, 1.165) is 35.8 Å². The van der Waals surface area contributed by atoms with E-state index in [1.54, 1.807) is 12.1 Å². The number of hydrogen-bond acceptors (Lipinski definition) is 3. The maximum absolute atomic E-state index is 13.4. The third kappa shape index (κ3) is 2.54. The first-order chi connectivity index (χ1) is 10.8. The molecule has 0 saturated heterocycles. The Balaban J connectivity index is 2.27. The Kier molecular flexibility index (Phi) is 3.54. The van der Waals surface area contributed by atoms with E-state index in [0.29, 0.717) is 11.4 Å². The lowest BCUT2D eigenvalue weighted by Gasteiger charge is -2.30. The lowest BCUT2D eigenvalue weighted by Crippen LogP contribution is -2.27. The van der Waals surface area contributed by atoms with E-state index in [1.807, 2.05) is 18.0 Å². The van der Waals surface area contributed by atoms with Gasteiger partial charge in [-0.05, 0) is 24.5 Å². The van der Waals surface area contributed by atoms with Gasteiger partial charge in [-0.25, -0.2) is 4.68 Å². The van der Waals surface area contributed by atoms with Crippen LogP contribution in [0.2, 0.25) is 0 Å². The summed E-state index contributed by atoms with van der Waals surface area (Å²) in [6.45, 7) is 0.745. The van der Waals surface area contributed by atoms with Crippen molar-refractivity contribution in [3.63, 3.8) is 0 Å². The molecule has 0 spiro atoms. The van der Waals surface area contributed by atoms with Crippen molar-refractivity contribution in [3.05, 3.63) is 41.2 Å². The number of para-hydroxylation sites is 1. The number of nitrogens with two attached hydrogens (primary N) is 1. The van der Waals surface area contributed by atoms with Gasteiger partial charge < -0.3 is 10.6 Å². The number of carbonyl (C=O) groups is 1. The second kappa shape index (κ2) is 5.29. The molecule has 2 N–H and O–H groups in total. The second-order valence-corrected chi connectivity index (χ2v) is 5.49. The molecule has 1 aromatic heterocycles. The van der Waals surface area contributed by atoms with Gasteiger partial charge in [0.2, 0.25) is 0 Å². The summed E-state index contributed by atoms with van der Waals surface area (Å²) in [6, 6.07) is 5.15. The molecule has 2 heterocycles. The summed E-state index contributed by atoms with van der Waals surface area (Å²) in [4.78, 5) is 13.2. The van der Waals surface area contributed by atoms with Crippen molar-refractivity contribution in [2.45, 2.75) is 19.0 Å². The first kappa shape index (κ1) is 15.4. The third-order valence-corrected chi connectivity index (χ3v) is 3.95. The van der Waals surface area contributed by atoms with Crippen LogP contribution < -0.4 is 10.6 Å². The zero-order valence-corrected chi connectivity index (χ0v) is 12.4. The molecule has 3 rings (SSSR count). The molecule has 23 heavy (non-hydrogen) atoms. The van der Waals surface area contributed by atoms with E-state index < -0.39 is 23.3 Å². The van der Waals surface area contributed by atoms with Crippen LogP contribution in [0.25, 0.3) is 5.69 Å². The summed E-state index contributed by atoms with van der Waals surface area (Å²) in [7, 11) is 1.83. The molecule has 0 aliphatic carbocycles. The molecule has 8 heteroatoms. The molecular formula is C15H15F3N4O. The number of aryl methyl sites for hydroxylation is 1. The predicted molar refractivity (Wildman–Crippen MR) is 78.7 cm³/mol. The van der Waals surface area contributed by atoms with Crippen LogP contribution in [0.3, 0.4) is 0 Å². The molecule has 2 aromatic rings. The van der Waals surface area contributed by atoms with Crippen molar-refractivity contribution in [2.75, 3.05) is 18.5 Å². The highest BCUT2D eigenvalue weighted by Crippen LogP contribution is 2.38. The van der Waals surface area contributed by atoms with E-state index in [4.69, 9.17) is 5.73 Å². The molecule has 0 bridgehead atoms. The molecule has 5 nitrogen and oxygen atoms in total. The van der Waals surface area contributed by atoms with Gasteiger partial charge in [-0.3, -0.25) is 4.79 Å². The Morgan fingerprint density at radius 3 is 2.74 bits per heavy atom. The molecule has 0 saturated carbocycles. The van der Waals surface area contributed by atoms with Crippen LogP contribution >= 0.6 is 0 Å². The minimum absolute atomic E-state index is 0.296. The molecule has 0 fully saturated rings. The van der Waals surface area contributed by atoms with Gasteiger partial charge in [0.15, 0.2) is 5.69 Å². The normalized spacial score (nSPS) is 14.7. The number of rotatable bonds is 2. The molecule has 1 aliphatic rings. The Morgan fingerprint density at radius 2 is 2.09 bits per heavy atom. The number of benzene rings is 1. The molecule has 0 unspecified atom stereocenters. The highest BCUT2D eigenvalue weighted by Gasteiger charge is 2.40. The Bertz CT molecular complexity index is 767. The van der Waals surface area contributed by atoms with E-state index in [2.05, 4.69) is 5.10 Å². The van der Waals surface area contributed by atoms with E-state index in [-0.39, 0.29) is 0 Å². The van der Waals surface area contributed by atoms with Crippen LogP contribution in [-0.4, -0.2) is 29.3 Å². The van der Waals surface area contributed by atoms with Gasteiger partial charge in [-0.1, -0.05) is 12.1 Å². The van der Waals surface area contributed by atoms with Gasteiger partial charge >= 0.3 is 6.18 Å². The maximum Gasteiger partial charge on any atom is 0.434 e. The van der Waals surface area contributed by atoms with E-state index in [1.165, 1.54) is 0 Å². The maximum atomic E-state index is 13.4.